The molecule has 0 atom stereocenters. The van der Waals surface area contributed by atoms with Crippen LogP contribution in [0.3, 0.4) is 0 Å². The van der Waals surface area contributed by atoms with Crippen molar-refractivity contribution in [3.05, 3.63) is 30.5 Å². The molecular weight excluding hydrogens is 484 g/mol. The molecule has 37 heavy (non-hydrogen) atoms. The van der Waals surface area contributed by atoms with E-state index in [1.54, 1.807) is 23.8 Å². The topological polar surface area (TPSA) is 118 Å². The standard InChI is InChI=1S/C24H25F2N9O2/c1-36-22-21-17(15-2-3-18-19(10-15)35(32-30-18)11-20(25)26)6-9-34(21)31-23(29-22)28-16-4-7-33(8-5-16)24(12-27)13-37-14-24/h2-3,6,9-10,16,20H,4-5,7-8,11,13-14H2,1H3,(H,28,31). The quantitative estimate of drug-likeness (QED) is 0.401. The van der Waals surface area contributed by atoms with Gasteiger partial charge in [0.05, 0.1) is 31.9 Å². The maximum Gasteiger partial charge on any atom is 0.258 e. The molecule has 0 amide bonds. The van der Waals surface area contributed by atoms with E-state index >= 15 is 0 Å². The summed E-state index contributed by atoms with van der Waals surface area (Å²) in [6.45, 7) is 1.99. The fourth-order valence-electron chi connectivity index (χ4n) is 5.07. The smallest absolute Gasteiger partial charge is 0.258 e. The third-order valence-electron chi connectivity index (χ3n) is 7.13. The van der Waals surface area contributed by atoms with Crippen LogP contribution in [0.25, 0.3) is 27.7 Å². The minimum absolute atomic E-state index is 0.162. The van der Waals surface area contributed by atoms with Crippen LogP contribution >= 0.6 is 0 Å². The van der Waals surface area contributed by atoms with Gasteiger partial charge in [-0.1, -0.05) is 11.3 Å². The Bertz CT molecular complexity index is 1480. The molecule has 0 bridgehead atoms. The summed E-state index contributed by atoms with van der Waals surface area (Å²) < 4.78 is 39.8. The van der Waals surface area contributed by atoms with Crippen LogP contribution in [0, 0.1) is 11.3 Å². The molecule has 0 aliphatic carbocycles. The molecule has 192 valence electrons. The Kier molecular flexibility index (Phi) is 5.85. The highest BCUT2D eigenvalue weighted by Gasteiger charge is 2.45. The van der Waals surface area contributed by atoms with Gasteiger partial charge in [0.15, 0.2) is 5.54 Å². The predicted molar refractivity (Wildman–Crippen MR) is 129 cm³/mol. The number of aromatic nitrogens is 6. The van der Waals surface area contributed by atoms with Crippen molar-refractivity contribution in [3.63, 3.8) is 0 Å². The molecule has 13 heteroatoms. The number of rotatable bonds is 7. The first kappa shape index (κ1) is 23.5. The number of alkyl halides is 2. The summed E-state index contributed by atoms with van der Waals surface area (Å²) in [6.07, 6.45) is 0.985. The first-order valence-electron chi connectivity index (χ1n) is 12.1. The fraction of sp³-hybridized carbons (Fsp3) is 0.458. The summed E-state index contributed by atoms with van der Waals surface area (Å²) in [6, 6.07) is 9.87. The third-order valence-corrected chi connectivity index (χ3v) is 7.13. The molecule has 5 heterocycles. The lowest BCUT2D eigenvalue weighted by Crippen LogP contribution is -2.63. The van der Waals surface area contributed by atoms with Crippen molar-refractivity contribution in [3.8, 4) is 23.1 Å². The third kappa shape index (κ3) is 4.11. The van der Waals surface area contributed by atoms with Gasteiger partial charge in [0.25, 0.3) is 6.43 Å². The minimum atomic E-state index is -2.53. The molecule has 0 spiro atoms. The van der Waals surface area contributed by atoms with E-state index in [2.05, 4.69) is 36.7 Å². The van der Waals surface area contributed by atoms with Crippen molar-refractivity contribution in [1.29, 1.82) is 5.26 Å². The van der Waals surface area contributed by atoms with Crippen LogP contribution in [0.1, 0.15) is 12.8 Å². The minimum Gasteiger partial charge on any atom is -0.479 e. The number of fused-ring (bicyclic) bond motifs is 2. The summed E-state index contributed by atoms with van der Waals surface area (Å²) in [5.41, 5.74) is 2.83. The number of methoxy groups -OCH3 is 1. The fourth-order valence-corrected chi connectivity index (χ4v) is 5.07. The van der Waals surface area contributed by atoms with Crippen LogP contribution in [-0.4, -0.2) is 85.9 Å². The summed E-state index contributed by atoms with van der Waals surface area (Å²) in [7, 11) is 1.55. The zero-order valence-electron chi connectivity index (χ0n) is 20.1. The zero-order valence-corrected chi connectivity index (χ0v) is 20.1. The predicted octanol–water partition coefficient (Wildman–Crippen LogP) is 2.58. The van der Waals surface area contributed by atoms with E-state index in [-0.39, 0.29) is 6.04 Å². The Labute approximate surface area is 210 Å². The van der Waals surface area contributed by atoms with Gasteiger partial charge >= 0.3 is 0 Å². The van der Waals surface area contributed by atoms with Gasteiger partial charge < -0.3 is 14.8 Å². The average Bonchev–Trinajstić information content (AvgIpc) is 3.48. The highest BCUT2D eigenvalue weighted by Crippen LogP contribution is 2.33. The molecular formula is C24H25F2N9O2. The number of likely N-dealkylation sites (tertiary alicyclic amines) is 1. The number of nitrogens with zero attached hydrogens (tertiary/aromatic N) is 8. The number of benzene rings is 1. The molecule has 0 unspecified atom stereocenters. The normalized spacial score (nSPS) is 18.2. The van der Waals surface area contributed by atoms with Gasteiger partial charge in [0, 0.05) is 30.9 Å². The second kappa shape index (κ2) is 9.20. The Balaban J connectivity index is 1.25. The highest BCUT2D eigenvalue weighted by atomic mass is 19.3. The van der Waals surface area contributed by atoms with Gasteiger partial charge in [-0.2, -0.15) is 10.2 Å². The van der Waals surface area contributed by atoms with E-state index in [1.807, 2.05) is 18.3 Å². The van der Waals surface area contributed by atoms with E-state index < -0.39 is 18.5 Å². The molecule has 2 fully saturated rings. The lowest BCUT2D eigenvalue weighted by atomic mass is 9.92. The molecule has 6 rings (SSSR count). The number of nitriles is 1. The van der Waals surface area contributed by atoms with Crippen LogP contribution in [-0.2, 0) is 11.3 Å². The molecule has 4 aromatic rings. The zero-order chi connectivity index (χ0) is 25.6. The van der Waals surface area contributed by atoms with Crippen LogP contribution in [0.2, 0.25) is 0 Å². The number of hydrogen-bond donors (Lipinski definition) is 1. The lowest BCUT2D eigenvalue weighted by Gasteiger charge is -2.47. The van der Waals surface area contributed by atoms with Crippen molar-refractivity contribution in [2.75, 3.05) is 38.7 Å². The average molecular weight is 510 g/mol. The molecule has 2 aliphatic heterocycles. The number of piperidine rings is 1. The number of hydrogen-bond acceptors (Lipinski definition) is 9. The SMILES string of the molecule is COc1nc(NC2CCN(C3(C#N)COC3)CC2)nn2ccc(-c3ccc4nnn(CC(F)F)c4c3)c12. The van der Waals surface area contributed by atoms with Gasteiger partial charge in [-0.25, -0.2) is 18.0 Å². The number of nitrogens with one attached hydrogen (secondary N) is 1. The van der Waals surface area contributed by atoms with Gasteiger partial charge in [0.2, 0.25) is 11.8 Å². The van der Waals surface area contributed by atoms with E-state index in [4.69, 9.17) is 9.47 Å². The van der Waals surface area contributed by atoms with Crippen molar-refractivity contribution < 1.29 is 18.3 Å². The molecule has 2 saturated heterocycles. The van der Waals surface area contributed by atoms with Crippen LogP contribution in [0.15, 0.2) is 30.5 Å². The van der Waals surface area contributed by atoms with Gasteiger partial charge in [0.1, 0.15) is 17.6 Å². The molecule has 3 aromatic heterocycles. The molecule has 11 nitrogen and oxygen atoms in total. The molecule has 1 aromatic carbocycles. The number of anilines is 1. The Hall–Kier alpha value is -3.89. The number of halogens is 2. The molecule has 0 saturated carbocycles. The Morgan fingerprint density at radius 3 is 2.76 bits per heavy atom. The van der Waals surface area contributed by atoms with Crippen molar-refractivity contribution in [1.82, 2.24) is 34.5 Å². The summed E-state index contributed by atoms with van der Waals surface area (Å²) >= 11 is 0. The summed E-state index contributed by atoms with van der Waals surface area (Å²) in [5, 5.41) is 25.4. The maximum atomic E-state index is 13.0. The van der Waals surface area contributed by atoms with Gasteiger partial charge in [-0.05, 0) is 36.6 Å². The highest BCUT2D eigenvalue weighted by molar-refractivity contribution is 5.89. The lowest BCUT2D eigenvalue weighted by molar-refractivity contribution is -0.113. The van der Waals surface area contributed by atoms with E-state index in [0.717, 1.165) is 37.1 Å². The van der Waals surface area contributed by atoms with Gasteiger partial charge in [-0.15, -0.1) is 10.2 Å². The number of ether oxygens (including phenoxy) is 2. The summed E-state index contributed by atoms with van der Waals surface area (Å²) in [4.78, 5) is 6.82. The second-order valence-corrected chi connectivity index (χ2v) is 9.38. The van der Waals surface area contributed by atoms with Crippen molar-refractivity contribution in [2.45, 2.75) is 37.4 Å². The largest absolute Gasteiger partial charge is 0.479 e. The second-order valence-electron chi connectivity index (χ2n) is 9.38. The first-order chi connectivity index (χ1) is 18.0. The van der Waals surface area contributed by atoms with Gasteiger partial charge in [-0.3, -0.25) is 4.90 Å². The van der Waals surface area contributed by atoms with Crippen LogP contribution in [0.4, 0.5) is 14.7 Å². The Morgan fingerprint density at radius 1 is 1.27 bits per heavy atom. The first-order valence-corrected chi connectivity index (χ1v) is 12.1. The van der Waals surface area contributed by atoms with E-state index in [0.29, 0.717) is 41.6 Å². The van der Waals surface area contributed by atoms with Crippen LogP contribution in [0.5, 0.6) is 5.88 Å². The molecule has 1 N–H and O–H groups in total. The van der Waals surface area contributed by atoms with E-state index in [1.165, 1.54) is 4.68 Å². The van der Waals surface area contributed by atoms with Crippen molar-refractivity contribution >= 4 is 22.5 Å². The van der Waals surface area contributed by atoms with Crippen LogP contribution < -0.4 is 10.1 Å². The van der Waals surface area contributed by atoms with Crippen molar-refractivity contribution in [2.24, 2.45) is 0 Å². The Morgan fingerprint density at radius 2 is 2.08 bits per heavy atom. The van der Waals surface area contributed by atoms with E-state index in [9.17, 15) is 14.0 Å². The monoisotopic (exact) mass is 509 g/mol. The molecule has 0 radical (unpaired) electrons. The summed E-state index contributed by atoms with van der Waals surface area (Å²) in [5.74, 6) is 0.839. The maximum absolute atomic E-state index is 13.0. The molecule has 2 aliphatic rings.